The highest BCUT2D eigenvalue weighted by Gasteiger charge is 2.11. The van der Waals surface area contributed by atoms with Gasteiger partial charge in [0.15, 0.2) is 0 Å². The molecule has 0 saturated carbocycles. The van der Waals surface area contributed by atoms with E-state index in [0.29, 0.717) is 17.8 Å². The Kier molecular flexibility index (Phi) is 4.03. The summed E-state index contributed by atoms with van der Waals surface area (Å²) >= 11 is 7.59. The fourth-order valence-electron chi connectivity index (χ4n) is 2.35. The van der Waals surface area contributed by atoms with Gasteiger partial charge in [-0.3, -0.25) is 0 Å². The van der Waals surface area contributed by atoms with Crippen LogP contribution in [0.1, 0.15) is 10.7 Å². The minimum absolute atomic E-state index is 0.252. The van der Waals surface area contributed by atoms with Gasteiger partial charge in [0.25, 0.3) is 0 Å². The third kappa shape index (κ3) is 2.72. The summed E-state index contributed by atoms with van der Waals surface area (Å²) < 4.78 is 15.4. The number of aryl methyl sites for hydroxylation is 3. The Morgan fingerprint density at radius 3 is 2.90 bits per heavy atom. The molecule has 0 N–H and O–H groups in total. The van der Waals surface area contributed by atoms with Crippen LogP contribution in [0.15, 0.2) is 35.7 Å². The van der Waals surface area contributed by atoms with E-state index in [0.717, 1.165) is 24.3 Å². The van der Waals surface area contributed by atoms with Crippen molar-refractivity contribution in [2.75, 3.05) is 5.88 Å². The van der Waals surface area contributed by atoms with Crippen LogP contribution >= 0.6 is 22.9 Å². The Balaban J connectivity index is 1.95. The van der Waals surface area contributed by atoms with Crippen LogP contribution in [-0.2, 0) is 19.4 Å². The lowest BCUT2D eigenvalue weighted by atomic mass is 10.3. The second-order valence-electron chi connectivity index (χ2n) is 4.58. The SMILES string of the molecule is Fc1ccc2c(c1)nc(CCCl)n2CCc1cccs1. The Morgan fingerprint density at radius 2 is 2.15 bits per heavy atom. The summed E-state index contributed by atoms with van der Waals surface area (Å²) in [5, 5.41) is 2.08. The van der Waals surface area contributed by atoms with E-state index in [1.807, 2.05) is 0 Å². The first kappa shape index (κ1) is 13.6. The van der Waals surface area contributed by atoms with Gasteiger partial charge < -0.3 is 4.57 Å². The summed E-state index contributed by atoms with van der Waals surface area (Å²) in [6.07, 6.45) is 1.65. The number of rotatable bonds is 5. The van der Waals surface area contributed by atoms with Crippen molar-refractivity contribution < 1.29 is 4.39 Å². The van der Waals surface area contributed by atoms with Crippen molar-refractivity contribution in [1.29, 1.82) is 0 Å². The van der Waals surface area contributed by atoms with Gasteiger partial charge in [-0.15, -0.1) is 22.9 Å². The van der Waals surface area contributed by atoms with Gasteiger partial charge in [0, 0.05) is 29.8 Å². The molecule has 0 unspecified atom stereocenters. The first-order valence-corrected chi connectivity index (χ1v) is 7.92. The quantitative estimate of drug-likeness (QED) is 0.644. The number of fused-ring (bicyclic) bond motifs is 1. The summed E-state index contributed by atoms with van der Waals surface area (Å²) in [5.74, 6) is 1.19. The summed E-state index contributed by atoms with van der Waals surface area (Å²) in [7, 11) is 0. The number of aromatic nitrogens is 2. The number of hydrogen-bond acceptors (Lipinski definition) is 2. The average Bonchev–Trinajstić information content (AvgIpc) is 3.04. The molecule has 104 valence electrons. The number of thiophene rings is 1. The van der Waals surface area contributed by atoms with Crippen LogP contribution < -0.4 is 0 Å². The van der Waals surface area contributed by atoms with E-state index in [-0.39, 0.29) is 5.82 Å². The fraction of sp³-hybridized carbons (Fsp3) is 0.267. The van der Waals surface area contributed by atoms with Crippen molar-refractivity contribution in [3.63, 3.8) is 0 Å². The molecule has 0 spiro atoms. The monoisotopic (exact) mass is 308 g/mol. The normalized spacial score (nSPS) is 11.3. The van der Waals surface area contributed by atoms with E-state index in [2.05, 4.69) is 27.1 Å². The number of halogens is 2. The smallest absolute Gasteiger partial charge is 0.125 e. The van der Waals surface area contributed by atoms with E-state index in [1.165, 1.54) is 17.0 Å². The van der Waals surface area contributed by atoms with Gasteiger partial charge in [0.1, 0.15) is 11.6 Å². The van der Waals surface area contributed by atoms with Crippen molar-refractivity contribution in [3.8, 4) is 0 Å². The Bertz CT molecular complexity index is 706. The van der Waals surface area contributed by atoms with Crippen LogP contribution in [0.5, 0.6) is 0 Å². The molecular weight excluding hydrogens is 295 g/mol. The maximum Gasteiger partial charge on any atom is 0.125 e. The highest BCUT2D eigenvalue weighted by Crippen LogP contribution is 2.20. The molecule has 0 aliphatic rings. The summed E-state index contributed by atoms with van der Waals surface area (Å²) in [4.78, 5) is 5.84. The minimum atomic E-state index is -0.252. The number of alkyl halides is 1. The second-order valence-corrected chi connectivity index (χ2v) is 5.99. The molecule has 3 rings (SSSR count). The third-order valence-corrected chi connectivity index (χ3v) is 4.39. The van der Waals surface area contributed by atoms with Crippen LogP contribution in [0.2, 0.25) is 0 Å². The van der Waals surface area contributed by atoms with Gasteiger partial charge in [-0.05, 0) is 30.0 Å². The zero-order chi connectivity index (χ0) is 13.9. The first-order valence-electron chi connectivity index (χ1n) is 6.51. The Hall–Kier alpha value is -1.39. The molecule has 5 heteroatoms. The first-order chi connectivity index (χ1) is 9.78. The maximum atomic E-state index is 13.3. The van der Waals surface area contributed by atoms with Crippen molar-refractivity contribution in [2.45, 2.75) is 19.4 Å². The highest BCUT2D eigenvalue weighted by atomic mass is 35.5. The van der Waals surface area contributed by atoms with Crippen LogP contribution in [-0.4, -0.2) is 15.4 Å². The molecule has 2 aromatic heterocycles. The van der Waals surface area contributed by atoms with Crippen LogP contribution in [0, 0.1) is 5.82 Å². The number of hydrogen-bond donors (Lipinski definition) is 0. The molecule has 0 radical (unpaired) electrons. The van der Waals surface area contributed by atoms with E-state index < -0.39 is 0 Å². The summed E-state index contributed by atoms with van der Waals surface area (Å²) in [6.45, 7) is 0.842. The number of nitrogens with zero attached hydrogens (tertiary/aromatic N) is 2. The molecule has 0 aliphatic carbocycles. The van der Waals surface area contributed by atoms with Crippen LogP contribution in [0.4, 0.5) is 4.39 Å². The molecule has 1 aromatic carbocycles. The average molecular weight is 309 g/mol. The van der Waals surface area contributed by atoms with Crippen molar-refractivity contribution >= 4 is 34.0 Å². The molecule has 0 amide bonds. The zero-order valence-corrected chi connectivity index (χ0v) is 12.4. The molecule has 2 nitrogen and oxygen atoms in total. The maximum absolute atomic E-state index is 13.3. The largest absolute Gasteiger partial charge is 0.328 e. The molecule has 20 heavy (non-hydrogen) atoms. The number of benzene rings is 1. The summed E-state index contributed by atoms with van der Waals surface area (Å²) in [6, 6.07) is 8.94. The lowest BCUT2D eigenvalue weighted by molar-refractivity contribution is 0.629. The fourth-order valence-corrected chi connectivity index (χ4v) is 3.22. The molecule has 0 fully saturated rings. The van der Waals surface area contributed by atoms with Gasteiger partial charge in [-0.25, -0.2) is 9.37 Å². The predicted octanol–water partition coefficient (Wildman–Crippen LogP) is 4.26. The predicted molar refractivity (Wildman–Crippen MR) is 82.1 cm³/mol. The van der Waals surface area contributed by atoms with Gasteiger partial charge in [0.2, 0.25) is 0 Å². The van der Waals surface area contributed by atoms with Crippen LogP contribution in [0.25, 0.3) is 11.0 Å². The van der Waals surface area contributed by atoms with Gasteiger partial charge in [-0.2, -0.15) is 0 Å². The molecule has 0 saturated heterocycles. The van der Waals surface area contributed by atoms with Crippen molar-refractivity contribution in [2.24, 2.45) is 0 Å². The Morgan fingerprint density at radius 1 is 1.25 bits per heavy atom. The molecule has 0 atom stereocenters. The third-order valence-electron chi connectivity index (χ3n) is 3.27. The zero-order valence-electron chi connectivity index (χ0n) is 10.9. The second kappa shape index (κ2) is 5.94. The standard InChI is InChI=1S/C15H14ClFN2S/c16-7-5-15-18-13-10-11(17)3-4-14(13)19(15)8-6-12-2-1-9-20-12/h1-4,9-10H,5-8H2. The minimum Gasteiger partial charge on any atom is -0.328 e. The number of imidazole rings is 1. The molecule has 3 aromatic rings. The van der Waals surface area contributed by atoms with E-state index in [9.17, 15) is 4.39 Å². The molecular formula is C15H14ClFN2S. The van der Waals surface area contributed by atoms with Gasteiger partial charge in [0.05, 0.1) is 11.0 Å². The lowest BCUT2D eigenvalue weighted by Crippen LogP contribution is -2.06. The summed E-state index contributed by atoms with van der Waals surface area (Å²) in [5.41, 5.74) is 1.68. The van der Waals surface area contributed by atoms with Crippen molar-refractivity contribution in [1.82, 2.24) is 9.55 Å². The van der Waals surface area contributed by atoms with Crippen LogP contribution in [0.3, 0.4) is 0 Å². The van der Waals surface area contributed by atoms with Gasteiger partial charge in [-0.1, -0.05) is 6.07 Å². The topological polar surface area (TPSA) is 17.8 Å². The molecule has 0 aliphatic heterocycles. The Labute approximate surface area is 125 Å². The molecule has 0 bridgehead atoms. The van der Waals surface area contributed by atoms with Gasteiger partial charge >= 0.3 is 0 Å². The van der Waals surface area contributed by atoms with Crippen molar-refractivity contribution in [3.05, 3.63) is 52.2 Å². The molecule has 2 heterocycles. The highest BCUT2D eigenvalue weighted by molar-refractivity contribution is 7.09. The van der Waals surface area contributed by atoms with E-state index in [4.69, 9.17) is 11.6 Å². The van der Waals surface area contributed by atoms with E-state index >= 15 is 0 Å². The van der Waals surface area contributed by atoms with E-state index in [1.54, 1.807) is 17.4 Å². The lowest BCUT2D eigenvalue weighted by Gasteiger charge is -2.07.